The highest BCUT2D eigenvalue weighted by atomic mass is 19.4. The first-order valence-electron chi connectivity index (χ1n) is 7.05. The summed E-state index contributed by atoms with van der Waals surface area (Å²) < 4.78 is 76.2. The summed E-state index contributed by atoms with van der Waals surface area (Å²) in [5, 5.41) is 2.45. The number of anilines is 1. The van der Waals surface area contributed by atoms with Gasteiger partial charge in [0.15, 0.2) is 0 Å². The molecule has 0 unspecified atom stereocenters. The van der Waals surface area contributed by atoms with Crippen LogP contribution in [0.4, 0.5) is 32.0 Å². The van der Waals surface area contributed by atoms with Crippen molar-refractivity contribution in [3.8, 4) is 5.75 Å². The van der Waals surface area contributed by atoms with Crippen molar-refractivity contribution in [2.45, 2.75) is 12.5 Å². The van der Waals surface area contributed by atoms with E-state index < -0.39 is 24.2 Å². The number of hydrogen-bond acceptors (Lipinski definition) is 2. The molecule has 26 heavy (non-hydrogen) atoms. The van der Waals surface area contributed by atoms with Gasteiger partial charge in [0, 0.05) is 17.3 Å². The molecule has 2 aromatic carbocycles. The molecule has 2 aromatic rings. The maximum absolute atomic E-state index is 12.1. The number of halogens is 6. The molecule has 0 fully saturated rings. The molecule has 138 valence electrons. The van der Waals surface area contributed by atoms with E-state index in [4.69, 9.17) is 0 Å². The van der Waals surface area contributed by atoms with Gasteiger partial charge in [0.05, 0.1) is 0 Å². The second-order valence-electron chi connectivity index (χ2n) is 5.02. The van der Waals surface area contributed by atoms with Gasteiger partial charge < -0.3 is 10.1 Å². The Morgan fingerprint density at radius 1 is 0.885 bits per heavy atom. The molecule has 0 aromatic heterocycles. The minimum atomic E-state index is -4.81. The molecule has 0 spiro atoms. The van der Waals surface area contributed by atoms with Crippen molar-refractivity contribution in [3.63, 3.8) is 0 Å². The van der Waals surface area contributed by atoms with E-state index in [-0.39, 0.29) is 22.9 Å². The van der Waals surface area contributed by atoms with Crippen molar-refractivity contribution < 1.29 is 35.9 Å². The molecule has 0 heterocycles. The third-order valence-electron chi connectivity index (χ3n) is 2.98. The Balaban J connectivity index is 2.00. The summed E-state index contributed by atoms with van der Waals surface area (Å²) in [5.41, 5.74) is 0.655. The summed E-state index contributed by atoms with van der Waals surface area (Å²) in [4.78, 5) is 12.0. The maximum atomic E-state index is 12.1. The first-order chi connectivity index (χ1) is 12.0. The molecule has 0 saturated carbocycles. The van der Waals surface area contributed by atoms with E-state index in [0.29, 0.717) is 0 Å². The van der Waals surface area contributed by atoms with Crippen LogP contribution in [0.2, 0.25) is 0 Å². The summed E-state index contributed by atoms with van der Waals surface area (Å²) in [6.07, 6.45) is -8.31. The molecule has 0 radical (unpaired) electrons. The van der Waals surface area contributed by atoms with Crippen LogP contribution in [0.15, 0.2) is 54.6 Å². The SMILES string of the molecule is O=C(Nc1ccc(OC(F)(F)F)cc1)c1ccc(C=CC(F)(F)F)cc1. The molecule has 0 aliphatic rings. The number of alkyl halides is 6. The molecule has 2 rings (SSSR count). The summed E-state index contributed by atoms with van der Waals surface area (Å²) in [5.74, 6) is -1.00. The van der Waals surface area contributed by atoms with E-state index in [1.807, 2.05) is 0 Å². The molecule has 0 bridgehead atoms. The summed E-state index contributed by atoms with van der Waals surface area (Å²) in [7, 11) is 0. The Labute approximate surface area is 143 Å². The number of amides is 1. The number of carbonyl (C=O) groups is 1. The Bertz CT molecular complexity index is 777. The molecular formula is C17H11F6NO2. The first kappa shape index (κ1) is 19.4. The van der Waals surface area contributed by atoms with Gasteiger partial charge in [-0.05, 0) is 42.0 Å². The Morgan fingerprint density at radius 3 is 1.96 bits per heavy atom. The third kappa shape index (κ3) is 6.50. The van der Waals surface area contributed by atoms with Crippen molar-refractivity contribution in [1.82, 2.24) is 0 Å². The lowest BCUT2D eigenvalue weighted by Gasteiger charge is -2.10. The number of ether oxygens (including phenoxy) is 1. The van der Waals surface area contributed by atoms with Crippen molar-refractivity contribution in [3.05, 3.63) is 65.7 Å². The van der Waals surface area contributed by atoms with Gasteiger partial charge in [-0.2, -0.15) is 13.2 Å². The highest BCUT2D eigenvalue weighted by Crippen LogP contribution is 2.24. The molecule has 3 nitrogen and oxygen atoms in total. The number of carbonyl (C=O) groups excluding carboxylic acids is 1. The van der Waals surface area contributed by atoms with Crippen LogP contribution in [0.5, 0.6) is 5.75 Å². The number of nitrogens with one attached hydrogen (secondary N) is 1. The molecule has 0 atom stereocenters. The van der Waals surface area contributed by atoms with Crippen LogP contribution in [0, 0.1) is 0 Å². The topological polar surface area (TPSA) is 38.3 Å². The average Bonchev–Trinajstić information content (AvgIpc) is 2.53. The van der Waals surface area contributed by atoms with E-state index in [1.54, 1.807) is 0 Å². The van der Waals surface area contributed by atoms with Gasteiger partial charge in [0.25, 0.3) is 5.91 Å². The van der Waals surface area contributed by atoms with Crippen LogP contribution < -0.4 is 10.1 Å². The van der Waals surface area contributed by atoms with Crippen molar-refractivity contribution >= 4 is 17.7 Å². The van der Waals surface area contributed by atoms with Gasteiger partial charge in [-0.3, -0.25) is 4.79 Å². The van der Waals surface area contributed by atoms with E-state index >= 15 is 0 Å². The zero-order valence-electron chi connectivity index (χ0n) is 12.9. The number of benzene rings is 2. The molecule has 1 N–H and O–H groups in total. The molecule has 0 aliphatic heterocycles. The fourth-order valence-corrected chi connectivity index (χ4v) is 1.88. The van der Waals surface area contributed by atoms with Crippen LogP contribution in [0.25, 0.3) is 6.08 Å². The predicted octanol–water partition coefficient (Wildman–Crippen LogP) is 5.41. The van der Waals surface area contributed by atoms with Crippen molar-refractivity contribution in [1.29, 1.82) is 0 Å². The normalized spacial score (nSPS) is 12.2. The average molecular weight is 375 g/mol. The number of allylic oxidation sites excluding steroid dienone is 1. The summed E-state index contributed by atoms with van der Waals surface area (Å²) in [6.45, 7) is 0. The Morgan fingerprint density at radius 2 is 1.46 bits per heavy atom. The van der Waals surface area contributed by atoms with E-state index in [2.05, 4.69) is 10.1 Å². The van der Waals surface area contributed by atoms with Crippen LogP contribution in [-0.2, 0) is 0 Å². The first-order valence-corrected chi connectivity index (χ1v) is 7.05. The lowest BCUT2D eigenvalue weighted by atomic mass is 10.1. The van der Waals surface area contributed by atoms with Gasteiger partial charge in [-0.15, -0.1) is 13.2 Å². The zero-order valence-corrected chi connectivity index (χ0v) is 12.9. The minimum absolute atomic E-state index is 0.0760. The van der Waals surface area contributed by atoms with Crippen LogP contribution in [0.3, 0.4) is 0 Å². The maximum Gasteiger partial charge on any atom is 0.573 e. The van der Waals surface area contributed by atoms with E-state index in [0.717, 1.165) is 18.2 Å². The molecule has 1 amide bonds. The van der Waals surface area contributed by atoms with Crippen molar-refractivity contribution in [2.75, 3.05) is 5.32 Å². The van der Waals surface area contributed by atoms with Gasteiger partial charge in [0.2, 0.25) is 0 Å². The molecule has 0 aliphatic carbocycles. The molecule has 9 heteroatoms. The van der Waals surface area contributed by atoms with E-state index in [9.17, 15) is 31.1 Å². The smallest absolute Gasteiger partial charge is 0.406 e. The predicted molar refractivity (Wildman–Crippen MR) is 82.6 cm³/mol. The van der Waals surface area contributed by atoms with Crippen LogP contribution in [-0.4, -0.2) is 18.4 Å². The largest absolute Gasteiger partial charge is 0.573 e. The quantitative estimate of drug-likeness (QED) is 0.726. The second-order valence-corrected chi connectivity index (χ2v) is 5.02. The summed E-state index contributed by atoms with van der Waals surface area (Å²) in [6, 6.07) is 9.83. The van der Waals surface area contributed by atoms with Crippen LogP contribution >= 0.6 is 0 Å². The highest BCUT2D eigenvalue weighted by Gasteiger charge is 2.31. The van der Waals surface area contributed by atoms with Gasteiger partial charge in [0.1, 0.15) is 5.75 Å². The fraction of sp³-hybridized carbons (Fsp3) is 0.118. The monoisotopic (exact) mass is 375 g/mol. The van der Waals surface area contributed by atoms with Gasteiger partial charge >= 0.3 is 12.5 Å². The number of hydrogen-bond donors (Lipinski definition) is 1. The fourth-order valence-electron chi connectivity index (χ4n) is 1.88. The molecular weight excluding hydrogens is 364 g/mol. The Hall–Kier alpha value is -2.97. The second kappa shape index (κ2) is 7.51. The highest BCUT2D eigenvalue weighted by molar-refractivity contribution is 6.04. The van der Waals surface area contributed by atoms with Crippen molar-refractivity contribution in [2.24, 2.45) is 0 Å². The zero-order chi connectivity index (χ0) is 19.4. The molecule has 0 saturated heterocycles. The minimum Gasteiger partial charge on any atom is -0.406 e. The standard InChI is InChI=1S/C17H11F6NO2/c18-16(19,20)10-9-11-1-3-12(4-2-11)15(25)24-13-5-7-14(8-6-13)26-17(21,22)23/h1-10H,(H,24,25). The van der Waals surface area contributed by atoms with Gasteiger partial charge in [-0.25, -0.2) is 0 Å². The third-order valence-corrected chi connectivity index (χ3v) is 2.98. The summed E-state index contributed by atoms with van der Waals surface area (Å²) >= 11 is 0. The van der Waals surface area contributed by atoms with Gasteiger partial charge in [-0.1, -0.05) is 18.2 Å². The lowest BCUT2D eigenvalue weighted by molar-refractivity contribution is -0.274. The van der Waals surface area contributed by atoms with Crippen LogP contribution in [0.1, 0.15) is 15.9 Å². The Kier molecular flexibility index (Phi) is 5.59. The lowest BCUT2D eigenvalue weighted by Crippen LogP contribution is -2.17. The van der Waals surface area contributed by atoms with E-state index in [1.165, 1.54) is 36.4 Å². The number of rotatable bonds is 4.